The maximum Gasteiger partial charge on any atom is 0.331 e. The molecule has 106 valence electrons. The van der Waals surface area contributed by atoms with Gasteiger partial charge in [0.15, 0.2) is 0 Å². The van der Waals surface area contributed by atoms with E-state index in [1.807, 2.05) is 30.3 Å². The molecule has 20 heavy (non-hydrogen) atoms. The summed E-state index contributed by atoms with van der Waals surface area (Å²) in [6.07, 6.45) is 0.296. The molecule has 0 saturated heterocycles. The molecule has 0 heterocycles. The standard InChI is InChI=1S/C14H16N2O4/c1-10(15-19-11(2)17)9-14(16-20-12(3)18)13-7-5-4-6-8-13/h4-8H,9H2,1-3H3. The van der Waals surface area contributed by atoms with Gasteiger partial charge in [-0.3, -0.25) is 0 Å². The number of carbonyl (C=O) groups is 2. The van der Waals surface area contributed by atoms with Gasteiger partial charge in [0.25, 0.3) is 0 Å². The molecule has 0 bridgehead atoms. The molecule has 6 nitrogen and oxygen atoms in total. The molecule has 0 spiro atoms. The molecule has 0 N–H and O–H groups in total. The summed E-state index contributed by atoms with van der Waals surface area (Å²) in [4.78, 5) is 30.8. The van der Waals surface area contributed by atoms with Crippen LogP contribution in [0, 0.1) is 0 Å². The zero-order chi connectivity index (χ0) is 15.0. The molecule has 0 saturated carbocycles. The lowest BCUT2D eigenvalue weighted by molar-refractivity contribution is -0.141. The summed E-state index contributed by atoms with van der Waals surface area (Å²) in [5.41, 5.74) is 1.86. The van der Waals surface area contributed by atoms with Gasteiger partial charge in [0.2, 0.25) is 0 Å². The summed E-state index contributed by atoms with van der Waals surface area (Å²) in [6, 6.07) is 9.23. The lowest BCUT2D eigenvalue weighted by Crippen LogP contribution is -2.09. The fraction of sp³-hybridized carbons (Fsp3) is 0.286. The van der Waals surface area contributed by atoms with E-state index < -0.39 is 11.9 Å². The summed E-state index contributed by atoms with van der Waals surface area (Å²) in [5.74, 6) is -1.00. The number of carbonyl (C=O) groups excluding carboxylic acids is 2. The van der Waals surface area contributed by atoms with E-state index in [4.69, 9.17) is 0 Å². The smallest absolute Gasteiger partial charge is 0.319 e. The van der Waals surface area contributed by atoms with Gasteiger partial charge >= 0.3 is 11.9 Å². The first kappa shape index (κ1) is 15.6. The van der Waals surface area contributed by atoms with Crippen molar-refractivity contribution in [2.24, 2.45) is 10.3 Å². The molecule has 0 aromatic heterocycles. The van der Waals surface area contributed by atoms with Gasteiger partial charge in [-0.25, -0.2) is 9.59 Å². The summed E-state index contributed by atoms with van der Waals surface area (Å²) in [7, 11) is 0. The van der Waals surface area contributed by atoms with Crippen LogP contribution in [0.15, 0.2) is 40.6 Å². The molecule has 0 aliphatic carbocycles. The zero-order valence-electron chi connectivity index (χ0n) is 11.6. The predicted octanol–water partition coefficient (Wildman–Crippen LogP) is 2.28. The third-order valence-electron chi connectivity index (χ3n) is 2.14. The molecule has 0 aliphatic heterocycles. The minimum atomic E-state index is -0.506. The van der Waals surface area contributed by atoms with Crippen molar-refractivity contribution in [1.82, 2.24) is 0 Å². The van der Waals surface area contributed by atoms with Crippen molar-refractivity contribution in [3.8, 4) is 0 Å². The molecule has 1 aromatic carbocycles. The second kappa shape index (κ2) is 7.83. The van der Waals surface area contributed by atoms with E-state index in [1.54, 1.807) is 6.92 Å². The Balaban J connectivity index is 2.89. The van der Waals surface area contributed by atoms with Crippen molar-refractivity contribution in [2.45, 2.75) is 27.2 Å². The van der Waals surface area contributed by atoms with E-state index in [0.29, 0.717) is 17.8 Å². The molecule has 0 unspecified atom stereocenters. The number of benzene rings is 1. The van der Waals surface area contributed by atoms with Crippen molar-refractivity contribution in [3.63, 3.8) is 0 Å². The van der Waals surface area contributed by atoms with Gasteiger partial charge in [0.1, 0.15) is 0 Å². The number of rotatable bonds is 5. The number of oxime groups is 2. The minimum Gasteiger partial charge on any atom is -0.319 e. The third-order valence-corrected chi connectivity index (χ3v) is 2.14. The van der Waals surface area contributed by atoms with Crippen LogP contribution in [0.5, 0.6) is 0 Å². The van der Waals surface area contributed by atoms with Crippen LogP contribution in [-0.4, -0.2) is 23.4 Å². The molecule has 0 atom stereocenters. The molecule has 0 fully saturated rings. The van der Waals surface area contributed by atoms with Gasteiger partial charge < -0.3 is 9.68 Å². The van der Waals surface area contributed by atoms with E-state index in [9.17, 15) is 9.59 Å². The molecular formula is C14H16N2O4. The molecule has 0 aliphatic rings. The molecule has 0 radical (unpaired) electrons. The van der Waals surface area contributed by atoms with E-state index in [-0.39, 0.29) is 0 Å². The normalized spacial score (nSPS) is 11.9. The fourth-order valence-electron chi connectivity index (χ4n) is 1.35. The monoisotopic (exact) mass is 276 g/mol. The Labute approximate surface area is 117 Å². The predicted molar refractivity (Wildman–Crippen MR) is 74.2 cm³/mol. The average Bonchev–Trinajstić information content (AvgIpc) is 2.42. The maximum absolute atomic E-state index is 10.9. The van der Waals surface area contributed by atoms with Crippen molar-refractivity contribution >= 4 is 23.4 Å². The second-order valence-corrected chi connectivity index (χ2v) is 4.07. The quantitative estimate of drug-likeness (QED) is 0.469. The highest BCUT2D eigenvalue weighted by Crippen LogP contribution is 2.07. The molecular weight excluding hydrogens is 260 g/mol. The molecule has 6 heteroatoms. The minimum absolute atomic E-state index is 0.296. The Bertz CT molecular complexity index is 535. The average molecular weight is 276 g/mol. The first-order chi connectivity index (χ1) is 9.49. The van der Waals surface area contributed by atoms with E-state index in [0.717, 1.165) is 5.56 Å². The van der Waals surface area contributed by atoms with Crippen molar-refractivity contribution in [3.05, 3.63) is 35.9 Å². The van der Waals surface area contributed by atoms with Crippen molar-refractivity contribution in [1.29, 1.82) is 0 Å². The maximum atomic E-state index is 10.9. The van der Waals surface area contributed by atoms with E-state index in [2.05, 4.69) is 20.0 Å². The van der Waals surface area contributed by atoms with Gasteiger partial charge in [-0.2, -0.15) is 0 Å². The van der Waals surface area contributed by atoms with Crippen LogP contribution in [0.2, 0.25) is 0 Å². The highest BCUT2D eigenvalue weighted by Gasteiger charge is 2.08. The molecule has 0 amide bonds. The molecule has 1 rings (SSSR count). The van der Waals surface area contributed by atoms with Gasteiger partial charge in [0.05, 0.1) is 11.4 Å². The van der Waals surface area contributed by atoms with Gasteiger partial charge in [-0.1, -0.05) is 40.6 Å². The number of hydrogen-bond acceptors (Lipinski definition) is 6. The third kappa shape index (κ3) is 5.90. The summed E-state index contributed by atoms with van der Waals surface area (Å²) < 4.78 is 0. The number of hydrogen-bond donors (Lipinski definition) is 0. The lowest BCUT2D eigenvalue weighted by atomic mass is 10.1. The lowest BCUT2D eigenvalue weighted by Gasteiger charge is -2.05. The first-order valence-electron chi connectivity index (χ1n) is 6.00. The molecule has 1 aromatic rings. The van der Waals surface area contributed by atoms with Crippen LogP contribution in [-0.2, 0) is 19.3 Å². The topological polar surface area (TPSA) is 77.3 Å². The first-order valence-corrected chi connectivity index (χ1v) is 6.00. The highest BCUT2D eigenvalue weighted by atomic mass is 16.7. The Morgan fingerprint density at radius 1 is 0.950 bits per heavy atom. The van der Waals surface area contributed by atoms with Crippen LogP contribution < -0.4 is 0 Å². The van der Waals surface area contributed by atoms with Crippen LogP contribution in [0.1, 0.15) is 32.8 Å². The van der Waals surface area contributed by atoms with Crippen LogP contribution >= 0.6 is 0 Å². The van der Waals surface area contributed by atoms with E-state index >= 15 is 0 Å². The van der Waals surface area contributed by atoms with Crippen LogP contribution in [0.3, 0.4) is 0 Å². The zero-order valence-corrected chi connectivity index (χ0v) is 11.6. The Kier molecular flexibility index (Phi) is 6.09. The Hall–Kier alpha value is -2.50. The fourth-order valence-corrected chi connectivity index (χ4v) is 1.35. The van der Waals surface area contributed by atoms with E-state index in [1.165, 1.54) is 13.8 Å². The Morgan fingerprint density at radius 2 is 1.50 bits per heavy atom. The summed E-state index contributed by atoms with van der Waals surface area (Å²) in [6.45, 7) is 4.23. The van der Waals surface area contributed by atoms with Crippen LogP contribution in [0.25, 0.3) is 0 Å². The van der Waals surface area contributed by atoms with Crippen molar-refractivity contribution < 1.29 is 19.3 Å². The second-order valence-electron chi connectivity index (χ2n) is 4.07. The highest BCUT2D eigenvalue weighted by molar-refractivity contribution is 6.11. The largest absolute Gasteiger partial charge is 0.331 e. The summed E-state index contributed by atoms with van der Waals surface area (Å²) >= 11 is 0. The van der Waals surface area contributed by atoms with Gasteiger partial charge in [0, 0.05) is 20.3 Å². The summed E-state index contributed by atoms with van der Waals surface area (Å²) in [5, 5.41) is 7.47. The van der Waals surface area contributed by atoms with Crippen molar-refractivity contribution in [2.75, 3.05) is 0 Å². The Morgan fingerprint density at radius 3 is 2.05 bits per heavy atom. The number of nitrogens with zero attached hydrogens (tertiary/aromatic N) is 2. The van der Waals surface area contributed by atoms with Gasteiger partial charge in [-0.15, -0.1) is 0 Å². The van der Waals surface area contributed by atoms with Crippen LogP contribution in [0.4, 0.5) is 0 Å². The van der Waals surface area contributed by atoms with Gasteiger partial charge in [-0.05, 0) is 12.5 Å². The SMILES string of the molecule is CC(=O)ON=C(C)CC(=NOC(C)=O)c1ccccc1.